The summed E-state index contributed by atoms with van der Waals surface area (Å²) < 4.78 is 11.2. The second-order valence-electron chi connectivity index (χ2n) is 6.06. The summed E-state index contributed by atoms with van der Waals surface area (Å²) in [5, 5.41) is 10.1. The lowest BCUT2D eigenvalue weighted by Crippen LogP contribution is -2.45. The smallest absolute Gasteiger partial charge is 0.277 e. The third-order valence-electron chi connectivity index (χ3n) is 4.30. The number of carbonyl (C=O) groups is 1. The van der Waals surface area contributed by atoms with E-state index in [0.717, 1.165) is 13.0 Å². The van der Waals surface area contributed by atoms with Gasteiger partial charge in [-0.2, -0.15) is 5.10 Å². The lowest BCUT2D eigenvalue weighted by molar-refractivity contribution is -0.119. The number of aromatic nitrogens is 2. The molecule has 2 aromatic rings. The van der Waals surface area contributed by atoms with Crippen molar-refractivity contribution in [1.82, 2.24) is 15.1 Å². The van der Waals surface area contributed by atoms with Gasteiger partial charge in [-0.1, -0.05) is 6.92 Å². The van der Waals surface area contributed by atoms with E-state index in [1.54, 1.807) is 13.8 Å². The monoisotopic (exact) mass is 334 g/mol. The van der Waals surface area contributed by atoms with E-state index in [1.165, 1.54) is 0 Å². The van der Waals surface area contributed by atoms with Crippen molar-refractivity contribution in [2.24, 2.45) is 0 Å². The number of carbonyl (C=O) groups excluding carboxylic acids is 1. The fourth-order valence-electron chi connectivity index (χ4n) is 3.07. The van der Waals surface area contributed by atoms with Gasteiger partial charge in [-0.3, -0.25) is 19.8 Å². The van der Waals surface area contributed by atoms with Crippen LogP contribution in [-0.2, 0) is 9.53 Å². The third kappa shape index (κ3) is 3.20. The van der Waals surface area contributed by atoms with Crippen LogP contribution in [0.1, 0.15) is 24.8 Å². The van der Waals surface area contributed by atoms with Gasteiger partial charge in [-0.25, -0.2) is 5.10 Å². The molecule has 24 heavy (non-hydrogen) atoms. The van der Waals surface area contributed by atoms with Gasteiger partial charge in [0.15, 0.2) is 0 Å². The van der Waals surface area contributed by atoms with Crippen molar-refractivity contribution in [3.63, 3.8) is 0 Å². The van der Waals surface area contributed by atoms with Crippen LogP contribution >= 0.6 is 0 Å². The zero-order chi connectivity index (χ0) is 17.3. The van der Waals surface area contributed by atoms with E-state index >= 15 is 0 Å². The van der Waals surface area contributed by atoms with Gasteiger partial charge in [0, 0.05) is 13.1 Å². The first kappa shape index (κ1) is 16.7. The number of ether oxygens (including phenoxy) is 1. The normalized spacial score (nSPS) is 18.9. The summed E-state index contributed by atoms with van der Waals surface area (Å²) in [5.74, 6) is 0.532. The minimum Gasteiger partial charge on any atom is -0.444 e. The Morgan fingerprint density at radius 3 is 2.96 bits per heavy atom. The first-order chi connectivity index (χ1) is 11.5. The van der Waals surface area contributed by atoms with Crippen molar-refractivity contribution >= 4 is 22.6 Å². The molecule has 8 nitrogen and oxygen atoms in total. The second kappa shape index (κ2) is 6.74. The third-order valence-corrected chi connectivity index (χ3v) is 4.30. The number of hydrogen-bond donors (Lipinski definition) is 2. The summed E-state index contributed by atoms with van der Waals surface area (Å²) in [4.78, 5) is 26.4. The molecule has 0 unspecified atom stereocenters. The Balaban J connectivity index is 1.77. The van der Waals surface area contributed by atoms with Gasteiger partial charge in [-0.15, -0.1) is 0 Å². The molecule has 130 valence electrons. The fraction of sp³-hybridized carbons (Fsp3) is 0.562. The zero-order valence-electron chi connectivity index (χ0n) is 14.1. The van der Waals surface area contributed by atoms with Gasteiger partial charge in [0.2, 0.25) is 11.8 Å². The Morgan fingerprint density at radius 2 is 2.21 bits per heavy atom. The van der Waals surface area contributed by atoms with Crippen molar-refractivity contribution in [2.75, 3.05) is 31.6 Å². The van der Waals surface area contributed by atoms with Crippen LogP contribution in [0, 0.1) is 13.8 Å². The van der Waals surface area contributed by atoms with Crippen molar-refractivity contribution < 1.29 is 13.9 Å². The minimum atomic E-state index is -0.375. The summed E-state index contributed by atoms with van der Waals surface area (Å²) >= 11 is 0. The lowest BCUT2D eigenvalue weighted by atomic mass is 10.2. The standard InChI is InChI=1S/C16H22N4O4/c1-4-11-7-20(5-6-23-11)8-12(21)17-16-14-13(10(3)24-16)9(2)18-19-15(14)22/h11H,4-8H2,1-3H3,(H,17,21)(H,19,22)/t11-/m1/s1. The first-order valence-electron chi connectivity index (χ1n) is 8.11. The molecule has 2 aromatic heterocycles. The quantitative estimate of drug-likeness (QED) is 0.871. The molecule has 2 N–H and O–H groups in total. The van der Waals surface area contributed by atoms with Crippen molar-refractivity contribution in [3.05, 3.63) is 21.8 Å². The molecule has 0 spiro atoms. The molecule has 0 aromatic carbocycles. The minimum absolute atomic E-state index is 0.162. The number of aromatic amines is 1. The Bertz CT molecular complexity index is 810. The molecule has 0 saturated carbocycles. The number of furan rings is 1. The van der Waals surface area contributed by atoms with E-state index in [0.29, 0.717) is 35.4 Å². The number of nitrogens with zero attached hydrogens (tertiary/aromatic N) is 2. The van der Waals surface area contributed by atoms with E-state index in [-0.39, 0.29) is 30.0 Å². The van der Waals surface area contributed by atoms with Crippen molar-refractivity contribution in [2.45, 2.75) is 33.3 Å². The number of H-pyrrole nitrogens is 1. The Hall–Kier alpha value is -2.19. The summed E-state index contributed by atoms with van der Waals surface area (Å²) in [7, 11) is 0. The van der Waals surface area contributed by atoms with Crippen LogP contribution in [0.15, 0.2) is 9.21 Å². The number of rotatable bonds is 4. The predicted molar refractivity (Wildman–Crippen MR) is 89.2 cm³/mol. The molecule has 3 heterocycles. The highest BCUT2D eigenvalue weighted by atomic mass is 16.5. The zero-order valence-corrected chi connectivity index (χ0v) is 14.1. The molecule has 1 aliphatic rings. The predicted octanol–water partition coefficient (Wildman–Crippen LogP) is 1.18. The summed E-state index contributed by atoms with van der Waals surface area (Å²) in [6.07, 6.45) is 1.08. The first-order valence-corrected chi connectivity index (χ1v) is 8.11. The highest BCUT2D eigenvalue weighted by molar-refractivity contribution is 6.01. The Kier molecular flexibility index (Phi) is 4.68. The van der Waals surface area contributed by atoms with Gasteiger partial charge in [0.1, 0.15) is 11.1 Å². The number of anilines is 1. The Labute approximate surface area is 139 Å². The molecule has 1 fully saturated rings. The van der Waals surface area contributed by atoms with Gasteiger partial charge in [-0.05, 0) is 20.3 Å². The second-order valence-corrected chi connectivity index (χ2v) is 6.06. The van der Waals surface area contributed by atoms with Crippen LogP contribution in [0.3, 0.4) is 0 Å². The number of amides is 1. The molecule has 8 heteroatoms. The van der Waals surface area contributed by atoms with Crippen LogP contribution in [0.2, 0.25) is 0 Å². The molecule has 1 saturated heterocycles. The Morgan fingerprint density at radius 1 is 1.42 bits per heavy atom. The molecule has 1 amide bonds. The number of morpholine rings is 1. The van der Waals surface area contributed by atoms with Gasteiger partial charge >= 0.3 is 0 Å². The summed E-state index contributed by atoms with van der Waals surface area (Å²) in [6, 6.07) is 0. The molecule has 0 bridgehead atoms. The van der Waals surface area contributed by atoms with Crippen LogP contribution in [0.25, 0.3) is 10.8 Å². The molecule has 3 rings (SSSR count). The van der Waals surface area contributed by atoms with Gasteiger partial charge in [0.25, 0.3) is 5.56 Å². The maximum Gasteiger partial charge on any atom is 0.277 e. The average molecular weight is 334 g/mol. The van der Waals surface area contributed by atoms with Crippen LogP contribution in [0.4, 0.5) is 5.88 Å². The van der Waals surface area contributed by atoms with Crippen LogP contribution < -0.4 is 10.9 Å². The number of hydrogen-bond acceptors (Lipinski definition) is 6. The topological polar surface area (TPSA) is 100 Å². The van der Waals surface area contributed by atoms with Gasteiger partial charge in [0.05, 0.1) is 30.3 Å². The fourth-order valence-corrected chi connectivity index (χ4v) is 3.07. The van der Waals surface area contributed by atoms with E-state index in [1.807, 2.05) is 4.90 Å². The van der Waals surface area contributed by atoms with Crippen molar-refractivity contribution in [1.29, 1.82) is 0 Å². The van der Waals surface area contributed by atoms with Gasteiger partial charge < -0.3 is 9.15 Å². The SMILES string of the molecule is CC[C@@H]1CN(CC(=O)Nc2oc(C)c3c(C)n[nH]c(=O)c23)CCO1. The van der Waals surface area contributed by atoms with Crippen LogP contribution in [0.5, 0.6) is 0 Å². The molecule has 0 aliphatic carbocycles. The molecular formula is C16H22N4O4. The van der Waals surface area contributed by atoms with E-state index < -0.39 is 0 Å². The maximum absolute atomic E-state index is 12.3. The molecule has 0 radical (unpaired) electrons. The summed E-state index contributed by atoms with van der Waals surface area (Å²) in [6.45, 7) is 7.90. The molecule has 1 atom stereocenters. The van der Waals surface area contributed by atoms with E-state index in [4.69, 9.17) is 9.15 Å². The number of aryl methyl sites for hydroxylation is 2. The number of nitrogens with one attached hydrogen (secondary N) is 2. The molecule has 1 aliphatic heterocycles. The highest BCUT2D eigenvalue weighted by Gasteiger charge is 2.23. The summed E-state index contributed by atoms with van der Waals surface area (Å²) in [5.41, 5.74) is 0.283. The van der Waals surface area contributed by atoms with Crippen LogP contribution in [-0.4, -0.2) is 53.3 Å². The highest BCUT2D eigenvalue weighted by Crippen LogP contribution is 2.28. The van der Waals surface area contributed by atoms with E-state index in [9.17, 15) is 9.59 Å². The van der Waals surface area contributed by atoms with E-state index in [2.05, 4.69) is 22.4 Å². The van der Waals surface area contributed by atoms with Crippen molar-refractivity contribution in [3.8, 4) is 0 Å². The lowest BCUT2D eigenvalue weighted by Gasteiger charge is -2.31. The maximum atomic E-state index is 12.3. The largest absolute Gasteiger partial charge is 0.444 e. The number of fused-ring (bicyclic) bond motifs is 1. The molecular weight excluding hydrogens is 312 g/mol. The average Bonchev–Trinajstić information content (AvgIpc) is 2.88.